The summed E-state index contributed by atoms with van der Waals surface area (Å²) in [5.74, 6) is 0.949. The highest BCUT2D eigenvalue weighted by Gasteiger charge is 2.33. The Labute approximate surface area is 266 Å². The summed E-state index contributed by atoms with van der Waals surface area (Å²) in [6, 6.07) is 14.9. The number of aliphatic hydroxyl groups excluding tert-OH is 1. The van der Waals surface area contributed by atoms with Gasteiger partial charge in [-0.3, -0.25) is 4.79 Å². The van der Waals surface area contributed by atoms with Gasteiger partial charge >= 0.3 is 6.03 Å². The summed E-state index contributed by atoms with van der Waals surface area (Å²) >= 11 is 5.96. The van der Waals surface area contributed by atoms with Crippen molar-refractivity contribution in [1.29, 1.82) is 0 Å². The van der Waals surface area contributed by atoms with Crippen LogP contribution >= 0.6 is 11.6 Å². The predicted molar refractivity (Wildman–Crippen MR) is 168 cm³/mol. The van der Waals surface area contributed by atoms with Gasteiger partial charge in [0.25, 0.3) is 0 Å². The number of hydrogen-bond acceptors (Lipinski definition) is 8. The van der Waals surface area contributed by atoms with Crippen LogP contribution in [0.5, 0.6) is 17.2 Å². The molecule has 0 unspecified atom stereocenters. The van der Waals surface area contributed by atoms with Crippen LogP contribution in [-0.4, -0.2) is 80.4 Å². The molecular weight excluding hydrogens is 624 g/mol. The number of fused-ring (bicyclic) bond motifs is 2. The molecule has 2 aliphatic rings. The topological polar surface area (TPSA) is 147 Å². The Bertz CT molecular complexity index is 1670. The maximum Gasteiger partial charge on any atom is 0.323 e. The van der Waals surface area contributed by atoms with Gasteiger partial charge in [-0.15, -0.1) is 0 Å². The molecule has 2 heterocycles. The maximum absolute atomic E-state index is 13.5. The van der Waals surface area contributed by atoms with Crippen LogP contribution in [0.1, 0.15) is 19.4 Å². The summed E-state index contributed by atoms with van der Waals surface area (Å²) < 4.78 is 45.1. The summed E-state index contributed by atoms with van der Waals surface area (Å²) in [5, 5.41) is 15.8. The third kappa shape index (κ3) is 7.44. The number of sulfonamides is 1. The number of benzene rings is 3. The van der Waals surface area contributed by atoms with E-state index in [-0.39, 0.29) is 49.6 Å². The molecular formula is C31H35ClN4O8S. The summed E-state index contributed by atoms with van der Waals surface area (Å²) in [5.41, 5.74) is 1.41. The van der Waals surface area contributed by atoms with Gasteiger partial charge in [-0.25, -0.2) is 13.2 Å². The molecule has 2 aliphatic heterocycles. The number of anilines is 2. The quantitative estimate of drug-likeness (QED) is 0.327. The van der Waals surface area contributed by atoms with Gasteiger partial charge in [-0.1, -0.05) is 18.5 Å². The van der Waals surface area contributed by atoms with Gasteiger partial charge in [0.05, 0.1) is 30.5 Å². The summed E-state index contributed by atoms with van der Waals surface area (Å²) in [4.78, 5) is 28.0. The fraction of sp³-hybridized carbons (Fsp3) is 0.355. The largest absolute Gasteiger partial charge is 0.488 e. The Morgan fingerprint density at radius 2 is 1.69 bits per heavy atom. The number of amides is 3. The molecule has 0 radical (unpaired) electrons. The number of ether oxygens (including phenoxy) is 3. The Morgan fingerprint density at radius 3 is 2.38 bits per heavy atom. The average molecular weight is 659 g/mol. The zero-order chi connectivity index (χ0) is 32.3. The van der Waals surface area contributed by atoms with Crippen molar-refractivity contribution in [2.24, 2.45) is 5.92 Å². The van der Waals surface area contributed by atoms with Crippen LogP contribution < -0.4 is 24.8 Å². The van der Waals surface area contributed by atoms with Gasteiger partial charge in [0.1, 0.15) is 11.9 Å². The normalized spacial score (nSPS) is 18.7. The van der Waals surface area contributed by atoms with Gasteiger partial charge < -0.3 is 34.9 Å². The SMILES string of the molecule is C[C@H]1CN([C@@H](C)CO)C(=O)Cc2cc(NC(=O)Nc3ccc4c(c3)OCO4)ccc2O[C@H]1CN(C)S(=O)(=O)c1ccc(Cl)cc1. The molecule has 3 aromatic carbocycles. The first-order valence-electron chi connectivity index (χ1n) is 14.3. The highest BCUT2D eigenvalue weighted by Crippen LogP contribution is 2.34. The van der Waals surface area contributed by atoms with Crippen LogP contribution in [0.15, 0.2) is 65.6 Å². The van der Waals surface area contributed by atoms with Crippen LogP contribution in [0, 0.1) is 5.92 Å². The molecule has 0 aromatic heterocycles. The molecule has 0 saturated heterocycles. The lowest BCUT2D eigenvalue weighted by atomic mass is 10.0. The van der Waals surface area contributed by atoms with Crippen LogP contribution in [0.2, 0.25) is 5.02 Å². The number of nitrogens with one attached hydrogen (secondary N) is 2. The van der Waals surface area contributed by atoms with E-state index in [0.29, 0.717) is 39.2 Å². The summed E-state index contributed by atoms with van der Waals surface area (Å²) in [7, 11) is -2.41. The second-order valence-corrected chi connectivity index (χ2v) is 13.6. The monoisotopic (exact) mass is 658 g/mol. The zero-order valence-corrected chi connectivity index (χ0v) is 26.6. The Hall–Kier alpha value is -4.04. The lowest BCUT2D eigenvalue weighted by molar-refractivity contribution is -0.134. The second kappa shape index (κ2) is 13.5. The van der Waals surface area contributed by atoms with E-state index in [1.807, 2.05) is 6.92 Å². The van der Waals surface area contributed by atoms with Crippen LogP contribution in [0.3, 0.4) is 0 Å². The van der Waals surface area contributed by atoms with Gasteiger partial charge in [-0.05, 0) is 61.5 Å². The van der Waals surface area contributed by atoms with Crippen molar-refractivity contribution in [3.63, 3.8) is 0 Å². The molecule has 0 bridgehead atoms. The standard InChI is InChI=1S/C31H35ClN4O8S/c1-19-15-36(20(2)17-37)30(38)13-21-12-23(33-31(39)34-24-7-11-27-28(14-24)43-18-42-27)6-10-26(21)44-29(19)16-35(3)45(40,41)25-8-4-22(32)5-9-25/h4-12,14,19-20,29,37H,13,15-18H2,1-3H3,(H2,33,34,39)/t19-,20-,29-/m0/s1. The minimum Gasteiger partial charge on any atom is -0.488 e. The summed E-state index contributed by atoms with van der Waals surface area (Å²) in [6.45, 7) is 3.71. The third-order valence-electron chi connectivity index (χ3n) is 7.76. The minimum absolute atomic E-state index is 0.0148. The lowest BCUT2D eigenvalue weighted by Crippen LogP contribution is -2.48. The molecule has 14 heteroatoms. The molecule has 240 valence electrons. The van der Waals surface area contributed by atoms with Crippen molar-refractivity contribution in [3.8, 4) is 17.2 Å². The zero-order valence-electron chi connectivity index (χ0n) is 25.0. The fourth-order valence-corrected chi connectivity index (χ4v) is 6.44. The molecule has 0 spiro atoms. The van der Waals surface area contributed by atoms with Crippen LogP contribution in [-0.2, 0) is 21.2 Å². The molecule has 12 nitrogen and oxygen atoms in total. The number of likely N-dealkylation sites (N-methyl/N-ethyl adjacent to an activating group) is 1. The van der Waals surface area contributed by atoms with Crippen molar-refractivity contribution in [1.82, 2.24) is 9.21 Å². The van der Waals surface area contributed by atoms with Gasteiger partial charge in [0, 0.05) is 47.5 Å². The maximum atomic E-state index is 13.5. The molecule has 3 amide bonds. The number of halogens is 1. The summed E-state index contributed by atoms with van der Waals surface area (Å²) in [6.07, 6.45) is -0.722. The van der Waals surface area contributed by atoms with Gasteiger partial charge in [0.2, 0.25) is 22.7 Å². The molecule has 3 atom stereocenters. The van der Waals surface area contributed by atoms with Crippen LogP contribution in [0.25, 0.3) is 0 Å². The lowest BCUT2D eigenvalue weighted by Gasteiger charge is -2.33. The van der Waals surface area contributed by atoms with Gasteiger partial charge in [-0.2, -0.15) is 4.31 Å². The molecule has 0 saturated carbocycles. The van der Waals surface area contributed by atoms with E-state index in [0.717, 1.165) is 0 Å². The van der Waals surface area contributed by atoms with Crippen LogP contribution in [0.4, 0.5) is 16.2 Å². The van der Waals surface area contributed by atoms with Crippen molar-refractivity contribution >= 4 is 44.9 Å². The van der Waals surface area contributed by atoms with E-state index in [4.69, 9.17) is 25.8 Å². The first-order chi connectivity index (χ1) is 21.4. The highest BCUT2D eigenvalue weighted by atomic mass is 35.5. The number of nitrogens with zero attached hydrogens (tertiary/aromatic N) is 2. The minimum atomic E-state index is -3.88. The van der Waals surface area contributed by atoms with Crippen molar-refractivity contribution in [3.05, 3.63) is 71.2 Å². The number of urea groups is 1. The van der Waals surface area contributed by atoms with E-state index in [9.17, 15) is 23.1 Å². The van der Waals surface area contributed by atoms with E-state index >= 15 is 0 Å². The molecule has 3 aromatic rings. The Morgan fingerprint density at radius 1 is 1.04 bits per heavy atom. The Kier molecular flexibility index (Phi) is 9.73. The van der Waals surface area contributed by atoms with Crippen molar-refractivity contribution in [2.45, 2.75) is 37.3 Å². The van der Waals surface area contributed by atoms with E-state index in [1.54, 1.807) is 48.2 Å². The number of hydrogen-bond donors (Lipinski definition) is 3. The number of aliphatic hydroxyl groups is 1. The molecule has 45 heavy (non-hydrogen) atoms. The first kappa shape index (κ1) is 32.4. The van der Waals surface area contributed by atoms with E-state index < -0.39 is 28.2 Å². The molecule has 0 aliphatic carbocycles. The van der Waals surface area contributed by atoms with Gasteiger partial charge in [0.15, 0.2) is 11.5 Å². The predicted octanol–water partition coefficient (Wildman–Crippen LogP) is 4.18. The second-order valence-electron chi connectivity index (χ2n) is 11.1. The highest BCUT2D eigenvalue weighted by molar-refractivity contribution is 7.89. The van der Waals surface area contributed by atoms with Crippen molar-refractivity contribution in [2.75, 3.05) is 44.2 Å². The third-order valence-corrected chi connectivity index (χ3v) is 9.85. The molecule has 3 N–H and O–H groups in total. The molecule has 5 rings (SSSR count). The number of carbonyl (C=O) groups excluding carboxylic acids is 2. The fourth-order valence-electron chi connectivity index (χ4n) is 5.13. The van der Waals surface area contributed by atoms with E-state index in [2.05, 4.69) is 10.6 Å². The average Bonchev–Trinajstić information content (AvgIpc) is 3.49. The smallest absolute Gasteiger partial charge is 0.323 e. The van der Waals surface area contributed by atoms with Crippen molar-refractivity contribution < 1.29 is 37.3 Å². The first-order valence-corrected chi connectivity index (χ1v) is 16.2. The van der Waals surface area contributed by atoms with E-state index in [1.165, 1.54) is 35.6 Å². The number of carbonyl (C=O) groups is 2. The molecule has 0 fully saturated rings. The number of rotatable bonds is 8. The Balaban J connectivity index is 1.38.